The second-order valence-electron chi connectivity index (χ2n) is 6.12. The highest BCUT2D eigenvalue weighted by Gasteiger charge is 2.17. The number of ether oxygens (including phenoxy) is 2. The molecule has 0 aliphatic heterocycles. The van der Waals surface area contributed by atoms with Crippen molar-refractivity contribution in [1.29, 1.82) is 0 Å². The first-order valence-electron chi connectivity index (χ1n) is 8.84. The molecule has 0 atom stereocenters. The minimum absolute atomic E-state index is 0.252. The SMILES string of the molecule is CCN(c1cccc(C)c1)c1ncnc(Oc2ccc(C(=O)OC)cc2)c1N. The predicted molar refractivity (Wildman–Crippen MR) is 108 cm³/mol. The average Bonchev–Trinajstić information content (AvgIpc) is 2.71. The Hall–Kier alpha value is -3.61. The fourth-order valence-corrected chi connectivity index (χ4v) is 2.81. The van der Waals surface area contributed by atoms with Crippen LogP contribution in [0.1, 0.15) is 22.8 Å². The van der Waals surface area contributed by atoms with Gasteiger partial charge in [0.15, 0.2) is 5.82 Å². The molecule has 2 N–H and O–H groups in total. The maximum absolute atomic E-state index is 11.5. The lowest BCUT2D eigenvalue weighted by Crippen LogP contribution is -2.19. The first-order valence-corrected chi connectivity index (χ1v) is 8.84. The Morgan fingerprint density at radius 2 is 1.89 bits per heavy atom. The van der Waals surface area contributed by atoms with Crippen molar-refractivity contribution in [1.82, 2.24) is 9.97 Å². The molecular formula is C21H22N4O3. The normalized spacial score (nSPS) is 10.4. The number of carbonyl (C=O) groups is 1. The van der Waals surface area contributed by atoms with Crippen molar-refractivity contribution in [2.24, 2.45) is 0 Å². The van der Waals surface area contributed by atoms with Crippen LogP contribution in [0.15, 0.2) is 54.9 Å². The molecule has 7 heteroatoms. The van der Waals surface area contributed by atoms with E-state index in [1.165, 1.54) is 13.4 Å². The molecule has 7 nitrogen and oxygen atoms in total. The molecule has 0 radical (unpaired) electrons. The number of carbonyl (C=O) groups excluding carboxylic acids is 1. The van der Waals surface area contributed by atoms with Crippen LogP contribution in [-0.2, 0) is 4.74 Å². The van der Waals surface area contributed by atoms with Gasteiger partial charge in [-0.2, -0.15) is 4.98 Å². The number of rotatable bonds is 6. The van der Waals surface area contributed by atoms with E-state index in [9.17, 15) is 4.79 Å². The van der Waals surface area contributed by atoms with Crippen LogP contribution in [0.25, 0.3) is 0 Å². The number of aromatic nitrogens is 2. The van der Waals surface area contributed by atoms with E-state index in [1.807, 2.05) is 36.9 Å². The summed E-state index contributed by atoms with van der Waals surface area (Å²) in [7, 11) is 1.34. The zero-order chi connectivity index (χ0) is 20.1. The highest BCUT2D eigenvalue weighted by atomic mass is 16.5. The van der Waals surface area contributed by atoms with Gasteiger partial charge in [-0.05, 0) is 55.8 Å². The molecule has 0 saturated carbocycles. The van der Waals surface area contributed by atoms with E-state index in [0.717, 1.165) is 11.3 Å². The molecule has 1 aromatic heterocycles. The molecular weight excluding hydrogens is 356 g/mol. The van der Waals surface area contributed by atoms with Crippen LogP contribution >= 0.6 is 0 Å². The van der Waals surface area contributed by atoms with Gasteiger partial charge in [0, 0.05) is 12.2 Å². The molecule has 2 aromatic carbocycles. The number of methoxy groups -OCH3 is 1. The summed E-state index contributed by atoms with van der Waals surface area (Å²) in [4.78, 5) is 22.1. The lowest BCUT2D eigenvalue weighted by atomic mass is 10.2. The van der Waals surface area contributed by atoms with Crippen LogP contribution < -0.4 is 15.4 Å². The number of hydrogen-bond acceptors (Lipinski definition) is 7. The molecule has 3 rings (SSSR count). The lowest BCUT2D eigenvalue weighted by molar-refractivity contribution is 0.0600. The average molecular weight is 378 g/mol. The van der Waals surface area contributed by atoms with E-state index < -0.39 is 5.97 Å². The third-order valence-corrected chi connectivity index (χ3v) is 4.20. The van der Waals surface area contributed by atoms with Gasteiger partial charge < -0.3 is 20.1 Å². The van der Waals surface area contributed by atoms with Crippen molar-refractivity contribution in [2.75, 3.05) is 24.3 Å². The Kier molecular flexibility index (Phi) is 5.74. The number of esters is 1. The first-order chi connectivity index (χ1) is 13.5. The van der Waals surface area contributed by atoms with Crippen LogP contribution in [0.3, 0.4) is 0 Å². The Bertz CT molecular complexity index is 974. The van der Waals surface area contributed by atoms with Gasteiger partial charge in [0.05, 0.1) is 12.7 Å². The summed E-state index contributed by atoms with van der Waals surface area (Å²) < 4.78 is 10.5. The molecule has 0 fully saturated rings. The molecule has 144 valence electrons. The molecule has 0 aliphatic rings. The smallest absolute Gasteiger partial charge is 0.337 e. The second kappa shape index (κ2) is 8.39. The molecule has 0 saturated heterocycles. The standard InChI is InChI=1S/C21H22N4O3/c1-4-25(16-7-5-6-14(2)12-16)19-18(22)20(24-13-23-19)28-17-10-8-15(9-11-17)21(26)27-3/h5-13H,4,22H2,1-3H3. The van der Waals surface area contributed by atoms with Gasteiger partial charge in [0.25, 0.3) is 0 Å². The molecule has 0 bridgehead atoms. The number of benzene rings is 2. The number of nitrogen functional groups attached to an aromatic ring is 1. The van der Waals surface area contributed by atoms with Crippen molar-refractivity contribution in [3.63, 3.8) is 0 Å². The fraction of sp³-hybridized carbons (Fsp3) is 0.190. The number of hydrogen-bond donors (Lipinski definition) is 1. The molecule has 3 aromatic rings. The third-order valence-electron chi connectivity index (χ3n) is 4.20. The van der Waals surface area contributed by atoms with Crippen molar-refractivity contribution in [3.8, 4) is 11.6 Å². The van der Waals surface area contributed by atoms with Gasteiger partial charge in [0.2, 0.25) is 5.88 Å². The zero-order valence-corrected chi connectivity index (χ0v) is 16.0. The zero-order valence-electron chi connectivity index (χ0n) is 16.0. The fourth-order valence-electron chi connectivity index (χ4n) is 2.81. The summed E-state index contributed by atoms with van der Waals surface area (Å²) in [5.74, 6) is 0.918. The van der Waals surface area contributed by atoms with Crippen molar-refractivity contribution in [3.05, 3.63) is 66.0 Å². The summed E-state index contributed by atoms with van der Waals surface area (Å²) >= 11 is 0. The van der Waals surface area contributed by atoms with Crippen LogP contribution in [0.5, 0.6) is 11.6 Å². The van der Waals surface area contributed by atoms with Crippen molar-refractivity contribution >= 4 is 23.2 Å². The van der Waals surface area contributed by atoms with Gasteiger partial charge in [-0.3, -0.25) is 0 Å². The molecule has 0 unspecified atom stereocenters. The number of nitrogens with two attached hydrogens (primary N) is 1. The highest BCUT2D eigenvalue weighted by Crippen LogP contribution is 2.35. The molecule has 0 aliphatic carbocycles. The minimum Gasteiger partial charge on any atom is -0.465 e. The van der Waals surface area contributed by atoms with Crippen molar-refractivity contribution < 1.29 is 14.3 Å². The van der Waals surface area contributed by atoms with Gasteiger partial charge >= 0.3 is 5.97 Å². The lowest BCUT2D eigenvalue weighted by Gasteiger charge is -2.24. The molecule has 1 heterocycles. The largest absolute Gasteiger partial charge is 0.465 e. The van der Waals surface area contributed by atoms with E-state index in [0.29, 0.717) is 29.4 Å². The number of aryl methyl sites for hydroxylation is 1. The van der Waals surface area contributed by atoms with Crippen LogP contribution in [0.4, 0.5) is 17.2 Å². The summed E-state index contributed by atoms with van der Waals surface area (Å²) in [5.41, 5.74) is 9.22. The molecule has 0 spiro atoms. The molecule has 28 heavy (non-hydrogen) atoms. The highest BCUT2D eigenvalue weighted by molar-refractivity contribution is 5.89. The van der Waals surface area contributed by atoms with Gasteiger partial charge in [-0.15, -0.1) is 0 Å². The summed E-state index contributed by atoms with van der Waals surface area (Å²) in [6.45, 7) is 4.74. The van der Waals surface area contributed by atoms with Crippen molar-refractivity contribution in [2.45, 2.75) is 13.8 Å². The Balaban J connectivity index is 1.89. The van der Waals surface area contributed by atoms with Crippen LogP contribution in [0, 0.1) is 6.92 Å². The van der Waals surface area contributed by atoms with Gasteiger partial charge in [-0.1, -0.05) is 12.1 Å². The topological polar surface area (TPSA) is 90.6 Å². The Labute approximate surface area is 163 Å². The summed E-state index contributed by atoms with van der Waals surface area (Å²) in [6.07, 6.45) is 1.42. The minimum atomic E-state index is -0.410. The first kappa shape index (κ1) is 19.2. The monoisotopic (exact) mass is 378 g/mol. The quantitative estimate of drug-likeness (QED) is 0.646. The van der Waals surface area contributed by atoms with Gasteiger partial charge in [-0.25, -0.2) is 9.78 Å². The second-order valence-corrected chi connectivity index (χ2v) is 6.12. The predicted octanol–water partition coefficient (Wildman–Crippen LogP) is 4.10. The number of nitrogens with zero attached hydrogens (tertiary/aromatic N) is 3. The number of anilines is 3. The summed E-state index contributed by atoms with van der Waals surface area (Å²) in [5, 5.41) is 0. The molecule has 0 amide bonds. The van der Waals surface area contributed by atoms with E-state index in [2.05, 4.69) is 16.0 Å². The summed E-state index contributed by atoms with van der Waals surface area (Å²) in [6, 6.07) is 14.6. The van der Waals surface area contributed by atoms with E-state index in [1.54, 1.807) is 24.3 Å². The van der Waals surface area contributed by atoms with E-state index in [-0.39, 0.29) is 5.88 Å². The van der Waals surface area contributed by atoms with Crippen LogP contribution in [-0.4, -0.2) is 29.6 Å². The third kappa shape index (κ3) is 4.03. The van der Waals surface area contributed by atoms with E-state index >= 15 is 0 Å². The van der Waals surface area contributed by atoms with E-state index in [4.69, 9.17) is 15.2 Å². The van der Waals surface area contributed by atoms with Crippen LogP contribution in [0.2, 0.25) is 0 Å². The Morgan fingerprint density at radius 3 is 2.54 bits per heavy atom. The maximum Gasteiger partial charge on any atom is 0.337 e. The maximum atomic E-state index is 11.5. The Morgan fingerprint density at radius 1 is 1.14 bits per heavy atom. The van der Waals surface area contributed by atoms with Gasteiger partial charge in [0.1, 0.15) is 17.8 Å².